The van der Waals surface area contributed by atoms with Crippen molar-refractivity contribution < 1.29 is 9.90 Å². The highest BCUT2D eigenvalue weighted by Gasteiger charge is 2.20. The molecule has 0 unspecified atom stereocenters. The third-order valence-corrected chi connectivity index (χ3v) is 2.18. The fourth-order valence-electron chi connectivity index (χ4n) is 1.29. The molecular weight excluding hydrogens is 208 g/mol. The second-order valence-corrected chi connectivity index (χ2v) is 3.89. The van der Waals surface area contributed by atoms with Crippen molar-refractivity contribution in [2.75, 3.05) is 5.73 Å². The second kappa shape index (κ2) is 5.41. The number of carbonyl (C=O) groups is 1. The van der Waals surface area contributed by atoms with E-state index in [0.717, 1.165) is 5.56 Å². The van der Waals surface area contributed by atoms with Gasteiger partial charge >= 0.3 is 5.97 Å². The molecule has 1 aromatic heterocycles. The van der Waals surface area contributed by atoms with Crippen LogP contribution in [0.2, 0.25) is 0 Å². The maximum absolute atomic E-state index is 10.9. The van der Waals surface area contributed by atoms with E-state index in [4.69, 9.17) is 10.8 Å². The molecule has 0 aliphatic rings. The average molecular weight is 224 g/mol. The lowest BCUT2D eigenvalue weighted by Crippen LogP contribution is -2.40. The van der Waals surface area contributed by atoms with Gasteiger partial charge in [0.25, 0.3) is 0 Å². The third-order valence-electron chi connectivity index (χ3n) is 2.18. The molecule has 0 aliphatic carbocycles. The number of nitrogens with one attached hydrogen (secondary N) is 1. The molecule has 16 heavy (non-hydrogen) atoms. The molecule has 6 heteroatoms. The lowest BCUT2D eigenvalue weighted by atomic mass is 10.0. The minimum atomic E-state index is -0.855. The van der Waals surface area contributed by atoms with E-state index in [1.54, 1.807) is 12.4 Å². The number of hydrogen-bond acceptors (Lipinski definition) is 5. The van der Waals surface area contributed by atoms with Crippen LogP contribution in [0.15, 0.2) is 12.4 Å². The monoisotopic (exact) mass is 224 g/mol. The normalized spacial score (nSPS) is 12.7. The molecular formula is C10H16N4O2. The van der Waals surface area contributed by atoms with Crippen molar-refractivity contribution in [3.05, 3.63) is 18.0 Å². The van der Waals surface area contributed by atoms with Gasteiger partial charge in [-0.25, -0.2) is 9.97 Å². The lowest BCUT2D eigenvalue weighted by Gasteiger charge is -2.17. The van der Waals surface area contributed by atoms with Gasteiger partial charge in [-0.1, -0.05) is 13.8 Å². The molecule has 0 aliphatic heterocycles. The van der Waals surface area contributed by atoms with Gasteiger partial charge in [-0.2, -0.15) is 0 Å². The molecule has 4 N–H and O–H groups in total. The van der Waals surface area contributed by atoms with Crippen LogP contribution in [-0.2, 0) is 11.3 Å². The molecule has 1 aromatic rings. The van der Waals surface area contributed by atoms with Crippen LogP contribution in [-0.4, -0.2) is 27.1 Å². The summed E-state index contributed by atoms with van der Waals surface area (Å²) in [5.74, 6) is -0.624. The van der Waals surface area contributed by atoms with Gasteiger partial charge in [0.15, 0.2) is 0 Å². The number of aromatic nitrogens is 2. The largest absolute Gasteiger partial charge is 0.480 e. The van der Waals surface area contributed by atoms with Crippen LogP contribution in [0.4, 0.5) is 5.95 Å². The number of carboxylic acid groups (broad SMARTS) is 1. The van der Waals surface area contributed by atoms with Crippen LogP contribution >= 0.6 is 0 Å². The van der Waals surface area contributed by atoms with Crippen molar-refractivity contribution in [1.29, 1.82) is 0 Å². The van der Waals surface area contributed by atoms with Crippen molar-refractivity contribution in [3.8, 4) is 0 Å². The van der Waals surface area contributed by atoms with Gasteiger partial charge in [0, 0.05) is 24.5 Å². The number of aliphatic carboxylic acids is 1. The van der Waals surface area contributed by atoms with Crippen LogP contribution in [0.3, 0.4) is 0 Å². The molecule has 0 radical (unpaired) electrons. The zero-order chi connectivity index (χ0) is 12.1. The van der Waals surface area contributed by atoms with Crippen molar-refractivity contribution >= 4 is 11.9 Å². The first-order valence-corrected chi connectivity index (χ1v) is 5.03. The molecule has 1 atom stereocenters. The SMILES string of the molecule is CC(C)[C@H](NCc1cnc(N)nc1)C(=O)O. The number of rotatable bonds is 5. The number of nitrogen functional groups attached to an aromatic ring is 1. The first-order valence-electron chi connectivity index (χ1n) is 5.03. The highest BCUT2D eigenvalue weighted by Crippen LogP contribution is 2.04. The fourth-order valence-corrected chi connectivity index (χ4v) is 1.29. The fraction of sp³-hybridized carbons (Fsp3) is 0.500. The number of carboxylic acids is 1. The Morgan fingerprint density at radius 2 is 2.06 bits per heavy atom. The summed E-state index contributed by atoms with van der Waals surface area (Å²) < 4.78 is 0. The predicted octanol–water partition coefficient (Wildman–Crippen LogP) is 0.258. The van der Waals surface area contributed by atoms with Gasteiger partial charge in [0.05, 0.1) is 0 Å². The van der Waals surface area contributed by atoms with Crippen LogP contribution < -0.4 is 11.1 Å². The molecule has 0 fully saturated rings. The molecule has 88 valence electrons. The van der Waals surface area contributed by atoms with Crippen LogP contribution in [0.5, 0.6) is 0 Å². The Labute approximate surface area is 93.9 Å². The van der Waals surface area contributed by atoms with Crippen LogP contribution in [0, 0.1) is 5.92 Å². The minimum absolute atomic E-state index is 0.0206. The quantitative estimate of drug-likeness (QED) is 0.663. The summed E-state index contributed by atoms with van der Waals surface area (Å²) in [5, 5.41) is 11.9. The van der Waals surface area contributed by atoms with E-state index in [1.807, 2.05) is 13.8 Å². The Morgan fingerprint density at radius 3 is 2.50 bits per heavy atom. The van der Waals surface area contributed by atoms with E-state index in [0.29, 0.717) is 6.54 Å². The van der Waals surface area contributed by atoms with E-state index in [9.17, 15) is 4.79 Å². The molecule has 0 saturated heterocycles. The summed E-state index contributed by atoms with van der Waals surface area (Å²) >= 11 is 0. The average Bonchev–Trinajstić information content (AvgIpc) is 2.20. The number of nitrogens with zero attached hydrogens (tertiary/aromatic N) is 2. The highest BCUT2D eigenvalue weighted by atomic mass is 16.4. The van der Waals surface area contributed by atoms with E-state index < -0.39 is 12.0 Å². The minimum Gasteiger partial charge on any atom is -0.480 e. The Kier molecular flexibility index (Phi) is 4.19. The first kappa shape index (κ1) is 12.4. The number of anilines is 1. The third kappa shape index (κ3) is 3.47. The van der Waals surface area contributed by atoms with Gasteiger partial charge in [-0.15, -0.1) is 0 Å². The second-order valence-electron chi connectivity index (χ2n) is 3.89. The smallest absolute Gasteiger partial charge is 0.320 e. The van der Waals surface area contributed by atoms with Crippen LogP contribution in [0.1, 0.15) is 19.4 Å². The van der Waals surface area contributed by atoms with Crippen molar-refractivity contribution in [2.45, 2.75) is 26.4 Å². The van der Waals surface area contributed by atoms with Gasteiger partial charge in [0.1, 0.15) is 6.04 Å². The number of hydrogen-bond donors (Lipinski definition) is 3. The first-order chi connectivity index (χ1) is 7.50. The Bertz CT molecular complexity index is 350. The predicted molar refractivity (Wildman–Crippen MR) is 59.5 cm³/mol. The van der Waals surface area contributed by atoms with Gasteiger partial charge in [-0.3, -0.25) is 10.1 Å². The van der Waals surface area contributed by atoms with E-state index >= 15 is 0 Å². The summed E-state index contributed by atoms with van der Waals surface area (Å²) in [6.07, 6.45) is 3.16. The van der Waals surface area contributed by atoms with E-state index in [-0.39, 0.29) is 11.9 Å². The topological polar surface area (TPSA) is 101 Å². The molecule has 0 amide bonds. The molecule has 0 spiro atoms. The molecule has 1 rings (SSSR count). The maximum atomic E-state index is 10.9. The summed E-state index contributed by atoms with van der Waals surface area (Å²) in [5.41, 5.74) is 6.15. The molecule has 0 saturated carbocycles. The molecule has 0 aromatic carbocycles. The van der Waals surface area contributed by atoms with Gasteiger partial charge < -0.3 is 10.8 Å². The highest BCUT2D eigenvalue weighted by molar-refractivity contribution is 5.73. The molecule has 0 bridgehead atoms. The zero-order valence-corrected chi connectivity index (χ0v) is 9.34. The number of nitrogens with two attached hydrogens (primary N) is 1. The molecule has 1 heterocycles. The van der Waals surface area contributed by atoms with Crippen LogP contribution in [0.25, 0.3) is 0 Å². The molecule has 6 nitrogen and oxygen atoms in total. The lowest BCUT2D eigenvalue weighted by molar-refractivity contribution is -0.140. The summed E-state index contributed by atoms with van der Waals surface area (Å²) in [7, 11) is 0. The van der Waals surface area contributed by atoms with Crippen molar-refractivity contribution in [2.24, 2.45) is 5.92 Å². The Balaban J connectivity index is 2.55. The van der Waals surface area contributed by atoms with E-state index in [1.165, 1.54) is 0 Å². The zero-order valence-electron chi connectivity index (χ0n) is 9.34. The van der Waals surface area contributed by atoms with Gasteiger partial charge in [-0.05, 0) is 5.92 Å². The summed E-state index contributed by atoms with van der Waals surface area (Å²) in [6.45, 7) is 4.12. The Morgan fingerprint density at radius 1 is 1.50 bits per heavy atom. The summed E-state index contributed by atoms with van der Waals surface area (Å²) in [6, 6.07) is -0.572. The van der Waals surface area contributed by atoms with E-state index in [2.05, 4.69) is 15.3 Å². The Hall–Kier alpha value is -1.69. The standard InChI is InChI=1S/C10H16N4O2/c1-6(2)8(9(15)16)12-3-7-4-13-10(11)14-5-7/h4-6,8,12H,3H2,1-2H3,(H,15,16)(H2,11,13,14)/t8-/m0/s1. The maximum Gasteiger partial charge on any atom is 0.320 e. The van der Waals surface area contributed by atoms with Crippen molar-refractivity contribution in [3.63, 3.8) is 0 Å². The van der Waals surface area contributed by atoms with Gasteiger partial charge in [0.2, 0.25) is 5.95 Å². The van der Waals surface area contributed by atoms with Crippen molar-refractivity contribution in [1.82, 2.24) is 15.3 Å². The summed E-state index contributed by atoms with van der Waals surface area (Å²) in [4.78, 5) is 18.6.